The first-order chi connectivity index (χ1) is 9.74. The quantitative estimate of drug-likeness (QED) is 0.664. The van der Waals surface area contributed by atoms with Crippen molar-refractivity contribution in [1.82, 2.24) is 4.90 Å². The van der Waals surface area contributed by atoms with Crippen molar-refractivity contribution in [2.75, 3.05) is 19.0 Å². The van der Waals surface area contributed by atoms with Crippen molar-refractivity contribution in [3.05, 3.63) is 29.3 Å². The molecule has 1 aromatic carbocycles. The Hall–Kier alpha value is -1.76. The molecule has 1 fully saturated rings. The smallest absolute Gasteiger partial charge is 0.341 e. The maximum absolute atomic E-state index is 12.9. The molecule has 2 atom stereocenters. The number of hydrazine groups is 1. The highest BCUT2D eigenvalue weighted by atomic mass is 19.4. The summed E-state index contributed by atoms with van der Waals surface area (Å²) in [6, 6.07) is 3.35. The average Bonchev–Trinajstić information content (AvgIpc) is 3.11. The Kier molecular flexibility index (Phi) is 4.13. The molecule has 0 aromatic heterocycles. The van der Waals surface area contributed by atoms with Gasteiger partial charge in [0, 0.05) is 19.2 Å². The molecule has 1 aromatic rings. The molecule has 0 aliphatic heterocycles. The van der Waals surface area contributed by atoms with Gasteiger partial charge in [0.15, 0.2) is 0 Å². The lowest BCUT2D eigenvalue weighted by molar-refractivity contribution is -0.137. The lowest BCUT2D eigenvalue weighted by atomic mass is 10.1. The molecule has 1 aliphatic rings. The second-order valence-electron chi connectivity index (χ2n) is 5.56. The summed E-state index contributed by atoms with van der Waals surface area (Å²) in [7, 11) is 1.61. The molecule has 1 amide bonds. The Balaban J connectivity index is 2.21. The number of carbonyl (C=O) groups is 1. The molecule has 2 unspecified atom stereocenters. The van der Waals surface area contributed by atoms with Crippen LogP contribution in [0, 0.1) is 11.8 Å². The van der Waals surface area contributed by atoms with Crippen molar-refractivity contribution >= 4 is 11.6 Å². The summed E-state index contributed by atoms with van der Waals surface area (Å²) in [6.45, 7) is 2.66. The van der Waals surface area contributed by atoms with E-state index in [-0.39, 0.29) is 11.3 Å². The van der Waals surface area contributed by atoms with Gasteiger partial charge in [-0.15, -0.1) is 0 Å². The predicted octanol–water partition coefficient (Wildman–Crippen LogP) is 2.72. The monoisotopic (exact) mass is 301 g/mol. The molecule has 2 rings (SSSR count). The minimum atomic E-state index is -4.57. The molecule has 1 saturated carbocycles. The number of rotatable bonds is 4. The molecule has 116 valence electrons. The van der Waals surface area contributed by atoms with Gasteiger partial charge in [0.2, 0.25) is 0 Å². The van der Waals surface area contributed by atoms with Gasteiger partial charge in [-0.05, 0) is 36.5 Å². The standard InChI is InChI=1S/C14H18F3N3O/c1-8-5-10(8)7-20(2)13(21)9-3-4-12(19-18)11(6-9)14(15,16)17/h3-4,6,8,10,19H,5,7,18H2,1-2H3. The Labute approximate surface area is 121 Å². The summed E-state index contributed by atoms with van der Waals surface area (Å²) in [5.41, 5.74) is 0.819. The Morgan fingerprint density at radius 3 is 2.57 bits per heavy atom. The molecule has 0 spiro atoms. The van der Waals surface area contributed by atoms with Crippen molar-refractivity contribution in [3.63, 3.8) is 0 Å². The molecule has 0 saturated heterocycles. The molecule has 4 nitrogen and oxygen atoms in total. The number of benzene rings is 1. The number of amides is 1. The number of nitrogens with one attached hydrogen (secondary N) is 1. The number of alkyl halides is 3. The van der Waals surface area contributed by atoms with Crippen LogP contribution in [-0.2, 0) is 6.18 Å². The molecule has 21 heavy (non-hydrogen) atoms. The fourth-order valence-corrected chi connectivity index (χ4v) is 2.35. The van der Waals surface area contributed by atoms with Crippen LogP contribution in [0.25, 0.3) is 0 Å². The van der Waals surface area contributed by atoms with Crippen molar-refractivity contribution in [2.45, 2.75) is 19.5 Å². The number of anilines is 1. The first-order valence-corrected chi connectivity index (χ1v) is 6.67. The van der Waals surface area contributed by atoms with Gasteiger partial charge in [0.1, 0.15) is 0 Å². The van der Waals surface area contributed by atoms with Gasteiger partial charge in [-0.3, -0.25) is 10.6 Å². The van der Waals surface area contributed by atoms with Crippen LogP contribution in [0.4, 0.5) is 18.9 Å². The highest BCUT2D eigenvalue weighted by Gasteiger charge is 2.36. The maximum atomic E-state index is 12.9. The van der Waals surface area contributed by atoms with E-state index in [1.165, 1.54) is 17.0 Å². The first kappa shape index (κ1) is 15.6. The van der Waals surface area contributed by atoms with E-state index >= 15 is 0 Å². The van der Waals surface area contributed by atoms with Crippen molar-refractivity contribution < 1.29 is 18.0 Å². The van der Waals surface area contributed by atoms with Gasteiger partial charge in [0.05, 0.1) is 11.3 Å². The van der Waals surface area contributed by atoms with Crippen molar-refractivity contribution in [3.8, 4) is 0 Å². The lowest BCUT2D eigenvalue weighted by Crippen LogP contribution is -2.29. The van der Waals surface area contributed by atoms with E-state index in [0.717, 1.165) is 12.5 Å². The summed E-state index contributed by atoms with van der Waals surface area (Å²) < 4.78 is 38.8. The molecular formula is C14H18F3N3O. The second-order valence-corrected chi connectivity index (χ2v) is 5.56. The Morgan fingerprint density at radius 2 is 2.10 bits per heavy atom. The molecule has 0 radical (unpaired) electrons. The van der Waals surface area contributed by atoms with E-state index in [0.29, 0.717) is 18.4 Å². The summed E-state index contributed by atoms with van der Waals surface area (Å²) >= 11 is 0. The maximum Gasteiger partial charge on any atom is 0.418 e. The third kappa shape index (κ3) is 3.47. The first-order valence-electron chi connectivity index (χ1n) is 6.67. The molecule has 7 heteroatoms. The molecule has 3 N–H and O–H groups in total. The minimum Gasteiger partial charge on any atom is -0.341 e. The van der Waals surface area contributed by atoms with Gasteiger partial charge in [-0.25, -0.2) is 0 Å². The number of halogens is 3. The van der Waals surface area contributed by atoms with Crippen LogP contribution in [0.5, 0.6) is 0 Å². The van der Waals surface area contributed by atoms with Crippen molar-refractivity contribution in [2.24, 2.45) is 17.7 Å². The minimum absolute atomic E-state index is 0.0112. The zero-order chi connectivity index (χ0) is 15.8. The zero-order valence-corrected chi connectivity index (χ0v) is 11.9. The zero-order valence-electron chi connectivity index (χ0n) is 11.9. The summed E-state index contributed by atoms with van der Waals surface area (Å²) in [5, 5.41) is 0. The van der Waals surface area contributed by atoms with E-state index in [9.17, 15) is 18.0 Å². The molecule has 1 aliphatic carbocycles. The SMILES string of the molecule is CC1CC1CN(C)C(=O)c1ccc(NN)c(C(F)(F)F)c1. The van der Waals surface area contributed by atoms with Gasteiger partial charge in [-0.2, -0.15) is 13.2 Å². The number of nitrogens with zero attached hydrogens (tertiary/aromatic N) is 1. The fourth-order valence-electron chi connectivity index (χ4n) is 2.35. The predicted molar refractivity (Wildman–Crippen MR) is 73.5 cm³/mol. The number of hydrogen-bond donors (Lipinski definition) is 2. The second kappa shape index (κ2) is 5.55. The van der Waals surface area contributed by atoms with Crippen molar-refractivity contribution in [1.29, 1.82) is 0 Å². The Morgan fingerprint density at radius 1 is 1.48 bits per heavy atom. The summed E-state index contributed by atoms with van der Waals surface area (Å²) in [5.74, 6) is 5.69. The number of carbonyl (C=O) groups excluding carboxylic acids is 1. The number of nitrogen functional groups attached to an aromatic ring is 1. The van der Waals surface area contributed by atoms with Gasteiger partial charge >= 0.3 is 6.18 Å². The highest BCUT2D eigenvalue weighted by Crippen LogP contribution is 2.38. The van der Waals surface area contributed by atoms with Crippen LogP contribution in [0.2, 0.25) is 0 Å². The lowest BCUT2D eigenvalue weighted by Gasteiger charge is -2.19. The third-order valence-corrected chi connectivity index (χ3v) is 3.86. The van der Waals surface area contributed by atoms with Gasteiger partial charge < -0.3 is 10.3 Å². The van der Waals surface area contributed by atoms with Gasteiger partial charge in [-0.1, -0.05) is 6.92 Å². The topological polar surface area (TPSA) is 58.4 Å². The molecular weight excluding hydrogens is 283 g/mol. The fraction of sp³-hybridized carbons (Fsp3) is 0.500. The normalized spacial score (nSPS) is 21.0. The van der Waals surface area contributed by atoms with E-state index in [4.69, 9.17) is 5.84 Å². The molecule has 0 bridgehead atoms. The summed E-state index contributed by atoms with van der Waals surface area (Å²) in [6.07, 6.45) is -3.51. The van der Waals surface area contributed by atoms with Crippen LogP contribution in [-0.4, -0.2) is 24.4 Å². The molecule has 0 heterocycles. The number of nitrogens with two attached hydrogens (primary N) is 1. The van der Waals surface area contributed by atoms with Crippen LogP contribution in [0.1, 0.15) is 29.3 Å². The Bertz CT molecular complexity index is 545. The van der Waals surface area contributed by atoms with E-state index in [1.807, 2.05) is 5.43 Å². The van der Waals surface area contributed by atoms with E-state index in [1.54, 1.807) is 7.05 Å². The average molecular weight is 301 g/mol. The highest BCUT2D eigenvalue weighted by molar-refractivity contribution is 5.94. The van der Waals surface area contributed by atoms with Crippen LogP contribution in [0.15, 0.2) is 18.2 Å². The van der Waals surface area contributed by atoms with Crippen LogP contribution < -0.4 is 11.3 Å². The van der Waals surface area contributed by atoms with Crippen LogP contribution >= 0.6 is 0 Å². The van der Waals surface area contributed by atoms with E-state index < -0.39 is 17.6 Å². The third-order valence-electron chi connectivity index (χ3n) is 3.86. The largest absolute Gasteiger partial charge is 0.418 e. The van der Waals surface area contributed by atoms with Crippen LogP contribution in [0.3, 0.4) is 0 Å². The van der Waals surface area contributed by atoms with Gasteiger partial charge in [0.25, 0.3) is 5.91 Å². The number of hydrogen-bond acceptors (Lipinski definition) is 3. The summed E-state index contributed by atoms with van der Waals surface area (Å²) in [4.78, 5) is 13.7. The van der Waals surface area contributed by atoms with E-state index in [2.05, 4.69) is 6.92 Å².